The summed E-state index contributed by atoms with van der Waals surface area (Å²) in [5.74, 6) is -0.164. The Morgan fingerprint density at radius 2 is 0.814 bits per heavy atom. The summed E-state index contributed by atoms with van der Waals surface area (Å²) in [5, 5.41) is 23.1. The SMILES string of the molecule is CCCCCCCCCCCCCCCCCCCCC/C=C/C(O)C(CO)NC(=O)CCC/C=C\CCCCCCOC(=O)CCCCCCCCCCCCCC. The highest BCUT2D eigenvalue weighted by molar-refractivity contribution is 5.76. The van der Waals surface area contributed by atoms with Gasteiger partial charge in [-0.05, 0) is 51.4 Å². The van der Waals surface area contributed by atoms with E-state index in [2.05, 4.69) is 31.3 Å². The fourth-order valence-corrected chi connectivity index (χ4v) is 7.93. The van der Waals surface area contributed by atoms with E-state index in [1.807, 2.05) is 6.08 Å². The van der Waals surface area contributed by atoms with Gasteiger partial charge in [-0.25, -0.2) is 0 Å². The van der Waals surface area contributed by atoms with Crippen molar-refractivity contribution in [3.63, 3.8) is 0 Å². The zero-order valence-corrected chi connectivity index (χ0v) is 39.5. The molecule has 0 bridgehead atoms. The molecule has 0 aliphatic rings. The van der Waals surface area contributed by atoms with Crippen molar-refractivity contribution in [1.29, 1.82) is 0 Å². The molecule has 0 aromatic rings. The third kappa shape index (κ3) is 45.7. The second kappa shape index (κ2) is 49.0. The molecule has 0 fully saturated rings. The first-order chi connectivity index (χ1) is 29.0. The molecular weight excluding hydrogens is 731 g/mol. The monoisotopic (exact) mass is 832 g/mol. The lowest BCUT2D eigenvalue weighted by molar-refractivity contribution is -0.143. The van der Waals surface area contributed by atoms with Crippen molar-refractivity contribution >= 4 is 11.9 Å². The number of hydrogen-bond acceptors (Lipinski definition) is 5. The summed E-state index contributed by atoms with van der Waals surface area (Å²) in [6, 6.07) is -0.665. The van der Waals surface area contributed by atoms with Gasteiger partial charge in [-0.1, -0.05) is 237 Å². The summed E-state index contributed by atoms with van der Waals surface area (Å²) in [7, 11) is 0. The highest BCUT2D eigenvalue weighted by atomic mass is 16.5. The Hall–Kier alpha value is -1.66. The topological polar surface area (TPSA) is 95.9 Å². The van der Waals surface area contributed by atoms with Gasteiger partial charge in [0.1, 0.15) is 0 Å². The molecule has 0 heterocycles. The number of amides is 1. The molecule has 3 N–H and O–H groups in total. The number of carbonyl (C=O) groups excluding carboxylic acids is 2. The second-order valence-electron chi connectivity index (χ2n) is 17.9. The molecule has 0 aliphatic carbocycles. The highest BCUT2D eigenvalue weighted by Gasteiger charge is 2.17. The molecule has 0 aromatic carbocycles. The molecule has 2 atom stereocenters. The van der Waals surface area contributed by atoms with Gasteiger partial charge in [-0.3, -0.25) is 9.59 Å². The highest BCUT2D eigenvalue weighted by Crippen LogP contribution is 2.16. The number of aliphatic hydroxyl groups excluding tert-OH is 2. The number of allylic oxidation sites excluding steroid dienone is 3. The predicted molar refractivity (Wildman–Crippen MR) is 255 cm³/mol. The molecule has 0 saturated heterocycles. The Morgan fingerprint density at radius 3 is 1.24 bits per heavy atom. The van der Waals surface area contributed by atoms with E-state index in [0.717, 1.165) is 70.6 Å². The van der Waals surface area contributed by atoms with E-state index >= 15 is 0 Å². The molecule has 59 heavy (non-hydrogen) atoms. The van der Waals surface area contributed by atoms with Crippen LogP contribution in [0.3, 0.4) is 0 Å². The summed E-state index contributed by atoms with van der Waals surface area (Å²) in [4.78, 5) is 24.4. The molecule has 0 aliphatic heterocycles. The minimum Gasteiger partial charge on any atom is -0.466 e. The number of hydrogen-bond donors (Lipinski definition) is 3. The van der Waals surface area contributed by atoms with Gasteiger partial charge in [0, 0.05) is 12.8 Å². The van der Waals surface area contributed by atoms with Gasteiger partial charge in [-0.2, -0.15) is 0 Å². The maximum Gasteiger partial charge on any atom is 0.305 e. The van der Waals surface area contributed by atoms with E-state index in [1.54, 1.807) is 6.08 Å². The molecule has 6 heteroatoms. The zero-order valence-electron chi connectivity index (χ0n) is 39.5. The van der Waals surface area contributed by atoms with Crippen LogP contribution in [0, 0.1) is 0 Å². The zero-order chi connectivity index (χ0) is 43.0. The van der Waals surface area contributed by atoms with Gasteiger partial charge >= 0.3 is 5.97 Å². The lowest BCUT2D eigenvalue weighted by Gasteiger charge is -2.19. The van der Waals surface area contributed by atoms with Crippen molar-refractivity contribution in [2.24, 2.45) is 0 Å². The fourth-order valence-electron chi connectivity index (χ4n) is 7.93. The molecule has 1 amide bonds. The Kier molecular flexibility index (Phi) is 47.6. The minimum atomic E-state index is -0.875. The van der Waals surface area contributed by atoms with E-state index < -0.39 is 12.1 Å². The van der Waals surface area contributed by atoms with Gasteiger partial charge in [-0.15, -0.1) is 0 Å². The first-order valence-corrected chi connectivity index (χ1v) is 26.1. The maximum absolute atomic E-state index is 12.4. The molecular formula is C53H101NO5. The van der Waals surface area contributed by atoms with Crippen LogP contribution in [0.25, 0.3) is 0 Å². The molecule has 6 nitrogen and oxygen atoms in total. The van der Waals surface area contributed by atoms with E-state index in [9.17, 15) is 19.8 Å². The Morgan fingerprint density at radius 1 is 0.458 bits per heavy atom. The van der Waals surface area contributed by atoms with Crippen LogP contribution >= 0.6 is 0 Å². The average molecular weight is 832 g/mol. The lowest BCUT2D eigenvalue weighted by Crippen LogP contribution is -2.45. The summed E-state index contributed by atoms with van der Waals surface area (Å²) in [5.41, 5.74) is 0. The molecule has 0 rings (SSSR count). The predicted octanol–water partition coefficient (Wildman–Crippen LogP) is 15.5. The molecule has 0 saturated carbocycles. The Balaban J connectivity index is 3.57. The summed E-state index contributed by atoms with van der Waals surface area (Å²) in [6.07, 6.45) is 57.6. The van der Waals surface area contributed by atoms with E-state index in [4.69, 9.17) is 4.74 Å². The first-order valence-electron chi connectivity index (χ1n) is 26.1. The van der Waals surface area contributed by atoms with E-state index in [0.29, 0.717) is 19.4 Å². The largest absolute Gasteiger partial charge is 0.466 e. The molecule has 0 aromatic heterocycles. The van der Waals surface area contributed by atoms with Crippen molar-refractivity contribution in [2.75, 3.05) is 13.2 Å². The van der Waals surface area contributed by atoms with Crippen molar-refractivity contribution in [2.45, 2.75) is 289 Å². The van der Waals surface area contributed by atoms with Crippen molar-refractivity contribution < 1.29 is 24.5 Å². The first kappa shape index (κ1) is 57.3. The molecule has 0 radical (unpaired) electrons. The number of nitrogens with one attached hydrogen (secondary N) is 1. The third-order valence-electron chi connectivity index (χ3n) is 12.0. The third-order valence-corrected chi connectivity index (χ3v) is 12.0. The number of carbonyl (C=O) groups is 2. The maximum atomic E-state index is 12.4. The molecule has 0 spiro atoms. The smallest absolute Gasteiger partial charge is 0.305 e. The van der Waals surface area contributed by atoms with Gasteiger partial charge in [0.15, 0.2) is 0 Å². The normalized spacial score (nSPS) is 12.8. The Bertz CT molecular complexity index is 920. The fraction of sp³-hybridized carbons (Fsp3) is 0.887. The number of ether oxygens (including phenoxy) is 1. The average Bonchev–Trinajstić information content (AvgIpc) is 3.24. The van der Waals surface area contributed by atoms with Crippen molar-refractivity contribution in [3.8, 4) is 0 Å². The molecule has 2 unspecified atom stereocenters. The van der Waals surface area contributed by atoms with Crippen LogP contribution in [0.1, 0.15) is 277 Å². The number of aliphatic hydroxyl groups is 2. The van der Waals surface area contributed by atoms with Crippen LogP contribution in [-0.4, -0.2) is 47.4 Å². The quantitative estimate of drug-likeness (QED) is 0.0322. The summed E-state index contributed by atoms with van der Waals surface area (Å²) < 4.78 is 5.43. The summed E-state index contributed by atoms with van der Waals surface area (Å²) >= 11 is 0. The van der Waals surface area contributed by atoms with E-state index in [1.165, 1.54) is 180 Å². The van der Waals surface area contributed by atoms with E-state index in [-0.39, 0.29) is 18.5 Å². The molecule has 348 valence electrons. The Labute approximate surface area is 367 Å². The number of unbranched alkanes of at least 4 members (excludes halogenated alkanes) is 35. The standard InChI is InChI=1S/C53H101NO5/c1-3-5-7-9-11-13-15-17-18-19-20-21-22-23-24-25-26-29-33-37-41-45-51(56)50(49-55)54-52(57)46-42-38-34-30-28-32-36-40-44-48-59-53(58)47-43-39-35-31-27-16-14-12-10-8-6-4-2/h30,34,41,45,50-51,55-56H,3-29,31-33,35-40,42-44,46-49H2,1-2H3,(H,54,57)/b34-30-,45-41+. The van der Waals surface area contributed by atoms with Crippen LogP contribution in [0.5, 0.6) is 0 Å². The lowest BCUT2D eigenvalue weighted by atomic mass is 10.0. The number of rotatable bonds is 48. The van der Waals surface area contributed by atoms with Crippen LogP contribution in [0.15, 0.2) is 24.3 Å². The van der Waals surface area contributed by atoms with Crippen molar-refractivity contribution in [1.82, 2.24) is 5.32 Å². The van der Waals surface area contributed by atoms with Gasteiger partial charge in [0.2, 0.25) is 5.91 Å². The van der Waals surface area contributed by atoms with Crippen LogP contribution in [0.2, 0.25) is 0 Å². The van der Waals surface area contributed by atoms with Gasteiger partial charge in [0.05, 0.1) is 25.4 Å². The number of esters is 1. The van der Waals surface area contributed by atoms with Crippen LogP contribution in [-0.2, 0) is 14.3 Å². The van der Waals surface area contributed by atoms with Crippen molar-refractivity contribution in [3.05, 3.63) is 24.3 Å². The van der Waals surface area contributed by atoms with Gasteiger partial charge in [0.25, 0.3) is 0 Å². The van der Waals surface area contributed by atoms with Crippen LogP contribution < -0.4 is 5.32 Å². The second-order valence-corrected chi connectivity index (χ2v) is 17.9. The minimum absolute atomic E-state index is 0.0371. The summed E-state index contributed by atoms with van der Waals surface area (Å²) in [6.45, 7) is 4.82. The van der Waals surface area contributed by atoms with Crippen LogP contribution in [0.4, 0.5) is 0 Å². The van der Waals surface area contributed by atoms with Gasteiger partial charge < -0.3 is 20.3 Å².